The quantitative estimate of drug-likeness (QED) is 0.536. The lowest BCUT2D eigenvalue weighted by atomic mass is 10.3. The molecule has 0 atom stereocenters. The molecule has 0 spiro atoms. The fourth-order valence-corrected chi connectivity index (χ4v) is 1.43. The second kappa shape index (κ2) is 2.69. The molecule has 0 unspecified atom stereocenters. The molecule has 1 N–H and O–H groups in total. The number of nitrogens with one attached hydrogen (secondary N) is 1. The molecule has 0 bridgehead atoms. The zero-order valence-electron chi connectivity index (χ0n) is 7.35. The van der Waals surface area contributed by atoms with Crippen molar-refractivity contribution in [2.75, 3.05) is 0 Å². The van der Waals surface area contributed by atoms with Crippen LogP contribution in [0.3, 0.4) is 0 Å². The average Bonchev–Trinajstić information content (AvgIpc) is 2.43. The fraction of sp³-hybridized carbons (Fsp3) is 0.125. The first-order chi connectivity index (χ1) is 6.61. The van der Waals surface area contributed by atoms with Crippen LogP contribution in [0.15, 0.2) is 23.0 Å². The Morgan fingerprint density at radius 3 is 2.86 bits per heavy atom. The third-order valence-electron chi connectivity index (χ3n) is 2.09. The highest BCUT2D eigenvalue weighted by molar-refractivity contribution is 5.84. The van der Waals surface area contributed by atoms with Gasteiger partial charge in [0.2, 0.25) is 0 Å². The van der Waals surface area contributed by atoms with Crippen molar-refractivity contribution in [3.05, 3.63) is 38.8 Å². The topological polar surface area (TPSA) is 80.9 Å². The molecular weight excluding hydrogens is 186 g/mol. The number of nitro benzene ring substituents is 1. The predicted molar refractivity (Wildman–Crippen MR) is 50.2 cm³/mol. The van der Waals surface area contributed by atoms with E-state index in [1.54, 1.807) is 6.07 Å². The van der Waals surface area contributed by atoms with Crippen molar-refractivity contribution in [1.29, 1.82) is 0 Å². The summed E-state index contributed by atoms with van der Waals surface area (Å²) in [5.74, 6) is 0. The molecule has 1 heterocycles. The van der Waals surface area contributed by atoms with E-state index in [-0.39, 0.29) is 11.4 Å². The Kier molecular flexibility index (Phi) is 1.63. The lowest BCUT2D eigenvalue weighted by Gasteiger charge is -1.95. The van der Waals surface area contributed by atoms with Crippen molar-refractivity contribution in [2.45, 2.75) is 0 Å². The number of non-ortho nitro benzene ring substituents is 1. The molecule has 0 aliphatic heterocycles. The van der Waals surface area contributed by atoms with Crippen molar-refractivity contribution in [3.8, 4) is 0 Å². The van der Waals surface area contributed by atoms with Crippen molar-refractivity contribution in [2.24, 2.45) is 7.05 Å². The van der Waals surface area contributed by atoms with Gasteiger partial charge in [0.15, 0.2) is 0 Å². The average molecular weight is 193 g/mol. The van der Waals surface area contributed by atoms with E-state index in [1.807, 2.05) is 0 Å². The van der Waals surface area contributed by atoms with Gasteiger partial charge in [0.1, 0.15) is 5.52 Å². The summed E-state index contributed by atoms with van der Waals surface area (Å²) >= 11 is 0. The summed E-state index contributed by atoms with van der Waals surface area (Å²) in [5.41, 5.74) is 0.381. The number of hydrogen-bond acceptors (Lipinski definition) is 3. The van der Waals surface area contributed by atoms with Gasteiger partial charge in [-0.2, -0.15) is 0 Å². The summed E-state index contributed by atoms with van der Waals surface area (Å²) < 4.78 is 1.23. The van der Waals surface area contributed by atoms with Crippen LogP contribution in [0.2, 0.25) is 0 Å². The summed E-state index contributed by atoms with van der Waals surface area (Å²) in [6.45, 7) is 0. The highest BCUT2D eigenvalue weighted by Crippen LogP contribution is 2.21. The Bertz CT molecular complexity index is 567. The van der Waals surface area contributed by atoms with Gasteiger partial charge in [0, 0.05) is 13.1 Å². The van der Waals surface area contributed by atoms with Crippen LogP contribution in [0.4, 0.5) is 5.69 Å². The first-order valence-electron chi connectivity index (χ1n) is 3.93. The SMILES string of the molecule is Cn1c(=O)[nH]c2cccc([N+](=O)[O-])c21. The maximum atomic E-state index is 11.2. The number of rotatable bonds is 1. The van der Waals surface area contributed by atoms with Crippen LogP contribution in [0.25, 0.3) is 11.0 Å². The second-order valence-electron chi connectivity index (χ2n) is 2.92. The van der Waals surface area contributed by atoms with Crippen molar-refractivity contribution >= 4 is 16.7 Å². The highest BCUT2D eigenvalue weighted by Gasteiger charge is 2.15. The Labute approximate surface area is 77.9 Å². The largest absolute Gasteiger partial charge is 0.326 e. The molecule has 1 aromatic carbocycles. The van der Waals surface area contributed by atoms with Gasteiger partial charge in [-0.3, -0.25) is 14.7 Å². The van der Waals surface area contributed by atoms with Gasteiger partial charge < -0.3 is 4.98 Å². The molecule has 0 aliphatic carbocycles. The molecule has 0 saturated heterocycles. The van der Waals surface area contributed by atoms with E-state index >= 15 is 0 Å². The molecule has 0 saturated carbocycles. The fourth-order valence-electron chi connectivity index (χ4n) is 1.43. The molecular formula is C8H7N3O3. The number of imidazole rings is 1. The van der Waals surface area contributed by atoms with Gasteiger partial charge in [-0.05, 0) is 6.07 Å². The number of para-hydroxylation sites is 1. The van der Waals surface area contributed by atoms with Crippen LogP contribution < -0.4 is 5.69 Å². The summed E-state index contributed by atoms with van der Waals surface area (Å²) in [4.78, 5) is 23.9. The molecule has 2 aromatic rings. The van der Waals surface area contributed by atoms with Gasteiger partial charge in [-0.25, -0.2) is 4.79 Å². The van der Waals surface area contributed by atoms with E-state index in [9.17, 15) is 14.9 Å². The lowest BCUT2D eigenvalue weighted by Crippen LogP contribution is -2.12. The summed E-state index contributed by atoms with van der Waals surface area (Å²) in [6.07, 6.45) is 0. The van der Waals surface area contributed by atoms with E-state index in [0.717, 1.165) is 0 Å². The van der Waals surface area contributed by atoms with Crippen molar-refractivity contribution < 1.29 is 4.92 Å². The molecule has 1 aromatic heterocycles. The number of H-pyrrole nitrogens is 1. The smallest absolute Gasteiger partial charge is 0.305 e. The number of aryl methyl sites for hydroxylation is 1. The number of aromatic amines is 1. The number of nitrogens with zero attached hydrogens (tertiary/aromatic N) is 2. The standard InChI is InChI=1S/C8H7N3O3/c1-10-7-5(9-8(10)12)3-2-4-6(7)11(13)14/h2-4H,1H3,(H,9,12). The van der Waals surface area contributed by atoms with E-state index < -0.39 is 4.92 Å². The first-order valence-corrected chi connectivity index (χ1v) is 3.93. The van der Waals surface area contributed by atoms with Crippen LogP contribution >= 0.6 is 0 Å². The minimum atomic E-state index is -0.504. The van der Waals surface area contributed by atoms with Crippen LogP contribution in [-0.2, 0) is 7.05 Å². The Morgan fingerprint density at radius 2 is 2.21 bits per heavy atom. The molecule has 0 aliphatic rings. The molecule has 6 nitrogen and oxygen atoms in total. The molecule has 6 heteroatoms. The third kappa shape index (κ3) is 1.00. The van der Waals surface area contributed by atoms with Crippen LogP contribution in [0.1, 0.15) is 0 Å². The van der Waals surface area contributed by atoms with Crippen molar-refractivity contribution in [3.63, 3.8) is 0 Å². The monoisotopic (exact) mass is 193 g/mol. The molecule has 0 radical (unpaired) electrons. The maximum absolute atomic E-state index is 11.2. The van der Waals surface area contributed by atoms with E-state index in [2.05, 4.69) is 4.98 Å². The van der Waals surface area contributed by atoms with Gasteiger partial charge in [-0.1, -0.05) is 6.07 Å². The maximum Gasteiger partial charge on any atom is 0.326 e. The molecule has 0 amide bonds. The number of hydrogen-bond donors (Lipinski definition) is 1. The van der Waals surface area contributed by atoms with E-state index in [4.69, 9.17) is 0 Å². The van der Waals surface area contributed by atoms with Gasteiger partial charge in [0.25, 0.3) is 5.69 Å². The van der Waals surface area contributed by atoms with E-state index in [1.165, 1.54) is 23.7 Å². The Balaban J connectivity index is 2.98. The molecule has 0 fully saturated rings. The summed E-state index contributed by atoms with van der Waals surface area (Å²) in [6, 6.07) is 4.54. The Hall–Kier alpha value is -2.11. The van der Waals surface area contributed by atoms with Crippen LogP contribution in [-0.4, -0.2) is 14.5 Å². The zero-order valence-corrected chi connectivity index (χ0v) is 7.35. The minimum absolute atomic E-state index is 0.0663. The van der Waals surface area contributed by atoms with Gasteiger partial charge in [0.05, 0.1) is 10.4 Å². The van der Waals surface area contributed by atoms with Gasteiger partial charge >= 0.3 is 5.69 Å². The number of nitro groups is 1. The van der Waals surface area contributed by atoms with Gasteiger partial charge in [-0.15, -0.1) is 0 Å². The third-order valence-corrected chi connectivity index (χ3v) is 2.09. The summed E-state index contributed by atoms with van der Waals surface area (Å²) in [7, 11) is 1.49. The predicted octanol–water partition coefficient (Wildman–Crippen LogP) is 0.775. The molecule has 72 valence electrons. The minimum Gasteiger partial charge on any atom is -0.305 e. The number of aromatic nitrogens is 2. The second-order valence-corrected chi connectivity index (χ2v) is 2.92. The van der Waals surface area contributed by atoms with Crippen LogP contribution in [0, 0.1) is 10.1 Å². The Morgan fingerprint density at radius 1 is 1.50 bits per heavy atom. The molecule has 2 rings (SSSR count). The molecule has 14 heavy (non-hydrogen) atoms. The number of fused-ring (bicyclic) bond motifs is 1. The van der Waals surface area contributed by atoms with E-state index in [0.29, 0.717) is 11.0 Å². The zero-order chi connectivity index (χ0) is 10.3. The number of benzene rings is 1. The lowest BCUT2D eigenvalue weighted by molar-refractivity contribution is -0.383. The normalized spacial score (nSPS) is 10.6. The first kappa shape index (κ1) is 8.49. The highest BCUT2D eigenvalue weighted by atomic mass is 16.6. The van der Waals surface area contributed by atoms with Crippen LogP contribution in [0.5, 0.6) is 0 Å². The summed E-state index contributed by atoms with van der Waals surface area (Å²) in [5, 5.41) is 10.7. The van der Waals surface area contributed by atoms with Crippen molar-refractivity contribution in [1.82, 2.24) is 9.55 Å².